The van der Waals surface area contributed by atoms with Gasteiger partial charge in [-0.25, -0.2) is 4.98 Å². The summed E-state index contributed by atoms with van der Waals surface area (Å²) in [6, 6.07) is 0. The van der Waals surface area contributed by atoms with E-state index in [1.807, 2.05) is 6.92 Å². The van der Waals surface area contributed by atoms with Crippen LogP contribution in [-0.4, -0.2) is 27.2 Å². The zero-order chi connectivity index (χ0) is 15.1. The molecule has 0 bridgehead atoms. The van der Waals surface area contributed by atoms with Crippen LogP contribution in [0, 0.1) is 6.92 Å². The van der Waals surface area contributed by atoms with Gasteiger partial charge in [-0.15, -0.1) is 11.3 Å². The van der Waals surface area contributed by atoms with Crippen molar-refractivity contribution < 1.29 is 13.7 Å². The van der Waals surface area contributed by atoms with Crippen molar-refractivity contribution in [3.63, 3.8) is 0 Å². The van der Waals surface area contributed by atoms with E-state index in [2.05, 4.69) is 20.1 Å². The Morgan fingerprint density at radius 3 is 2.82 bits per heavy atom. The Labute approximate surface area is 130 Å². The lowest BCUT2D eigenvalue weighted by molar-refractivity contribution is 0.335. The van der Waals surface area contributed by atoms with E-state index in [-0.39, 0.29) is 0 Å². The van der Waals surface area contributed by atoms with Crippen molar-refractivity contribution >= 4 is 11.3 Å². The minimum Gasteiger partial charge on any atom is -0.480 e. The smallest absolute Gasteiger partial charge is 0.280 e. The first kappa shape index (κ1) is 13.4. The van der Waals surface area contributed by atoms with Crippen LogP contribution in [0.2, 0.25) is 0 Å². The summed E-state index contributed by atoms with van der Waals surface area (Å²) in [5, 5.41) is 4.62. The van der Waals surface area contributed by atoms with Gasteiger partial charge in [0, 0.05) is 5.92 Å². The molecule has 0 N–H and O–H groups in total. The lowest BCUT2D eigenvalue weighted by Crippen LogP contribution is -2.08. The van der Waals surface area contributed by atoms with Gasteiger partial charge in [-0.05, 0) is 19.8 Å². The number of nitrogens with zero attached hydrogens (tertiary/aromatic N) is 4. The van der Waals surface area contributed by atoms with Crippen molar-refractivity contribution in [2.75, 3.05) is 7.11 Å². The van der Waals surface area contributed by atoms with E-state index in [1.54, 1.807) is 13.4 Å². The Bertz CT molecular complexity index is 803. The summed E-state index contributed by atoms with van der Waals surface area (Å²) in [5.74, 6) is 2.55. The van der Waals surface area contributed by atoms with Crippen molar-refractivity contribution in [3.05, 3.63) is 17.0 Å². The first-order valence-electron chi connectivity index (χ1n) is 7.06. The SMILES string of the molecule is COc1nc(-c2noc(-c3coc(C4CCC4)n3)n2)sc1C. The van der Waals surface area contributed by atoms with Gasteiger partial charge in [0.15, 0.2) is 16.6 Å². The van der Waals surface area contributed by atoms with Gasteiger partial charge >= 0.3 is 0 Å². The number of aromatic nitrogens is 4. The molecule has 114 valence electrons. The van der Waals surface area contributed by atoms with E-state index >= 15 is 0 Å². The fraction of sp³-hybridized carbons (Fsp3) is 0.429. The molecule has 0 unspecified atom stereocenters. The third-order valence-electron chi connectivity index (χ3n) is 3.76. The number of thiazole rings is 1. The van der Waals surface area contributed by atoms with Gasteiger partial charge in [-0.1, -0.05) is 11.6 Å². The van der Waals surface area contributed by atoms with Crippen LogP contribution in [0.4, 0.5) is 0 Å². The van der Waals surface area contributed by atoms with Crippen LogP contribution < -0.4 is 4.74 Å². The summed E-state index contributed by atoms with van der Waals surface area (Å²) >= 11 is 1.46. The molecular weight excluding hydrogens is 304 g/mol. The molecule has 22 heavy (non-hydrogen) atoms. The van der Waals surface area contributed by atoms with Crippen molar-refractivity contribution in [2.45, 2.75) is 32.1 Å². The Morgan fingerprint density at radius 1 is 1.27 bits per heavy atom. The zero-order valence-electron chi connectivity index (χ0n) is 12.2. The van der Waals surface area contributed by atoms with Crippen molar-refractivity contribution in [3.8, 4) is 28.3 Å². The highest BCUT2D eigenvalue weighted by Crippen LogP contribution is 2.37. The Morgan fingerprint density at radius 2 is 2.14 bits per heavy atom. The van der Waals surface area contributed by atoms with Gasteiger partial charge < -0.3 is 13.7 Å². The highest BCUT2D eigenvalue weighted by Gasteiger charge is 2.26. The molecule has 4 rings (SSSR count). The molecule has 1 aliphatic rings. The van der Waals surface area contributed by atoms with Crippen LogP contribution >= 0.6 is 11.3 Å². The van der Waals surface area contributed by atoms with E-state index in [0.29, 0.717) is 34.2 Å². The molecule has 3 heterocycles. The summed E-state index contributed by atoms with van der Waals surface area (Å²) in [5.41, 5.74) is 0.570. The molecule has 1 aliphatic carbocycles. The Hall–Kier alpha value is -2.22. The molecule has 3 aromatic rings. The molecule has 0 saturated heterocycles. The van der Waals surface area contributed by atoms with Gasteiger partial charge in [-0.3, -0.25) is 0 Å². The second-order valence-electron chi connectivity index (χ2n) is 5.21. The summed E-state index contributed by atoms with van der Waals surface area (Å²) in [6.07, 6.45) is 5.07. The first-order chi connectivity index (χ1) is 10.7. The standard InChI is InChI=1S/C14H14N4O3S/c1-7-11(19-2)17-14(22-7)10-16-13(21-18-10)9-6-20-12(15-9)8-4-3-5-8/h6,8H,3-5H2,1-2H3. The number of methoxy groups -OCH3 is 1. The maximum atomic E-state index is 5.51. The molecule has 0 atom stereocenters. The topological polar surface area (TPSA) is 87.1 Å². The molecule has 0 amide bonds. The van der Waals surface area contributed by atoms with Crippen LogP contribution in [0.25, 0.3) is 22.4 Å². The lowest BCUT2D eigenvalue weighted by atomic mass is 9.85. The van der Waals surface area contributed by atoms with Crippen molar-refractivity contribution in [1.82, 2.24) is 20.1 Å². The first-order valence-corrected chi connectivity index (χ1v) is 7.87. The number of ether oxygens (including phenoxy) is 1. The minimum absolute atomic E-state index is 0.344. The van der Waals surface area contributed by atoms with Gasteiger partial charge in [0.2, 0.25) is 11.7 Å². The van der Waals surface area contributed by atoms with Crippen LogP contribution in [-0.2, 0) is 0 Å². The molecule has 0 aliphatic heterocycles. The summed E-state index contributed by atoms with van der Waals surface area (Å²) in [6.45, 7) is 1.93. The monoisotopic (exact) mass is 318 g/mol. The van der Waals surface area contributed by atoms with Crippen LogP contribution in [0.15, 0.2) is 15.2 Å². The molecule has 0 aromatic carbocycles. The lowest BCUT2D eigenvalue weighted by Gasteiger charge is -2.21. The van der Waals surface area contributed by atoms with E-state index in [4.69, 9.17) is 13.7 Å². The average molecular weight is 318 g/mol. The molecule has 0 spiro atoms. The number of hydrogen-bond acceptors (Lipinski definition) is 8. The third-order valence-corrected chi connectivity index (χ3v) is 4.71. The highest BCUT2D eigenvalue weighted by molar-refractivity contribution is 7.15. The van der Waals surface area contributed by atoms with Gasteiger partial charge in [0.25, 0.3) is 5.89 Å². The van der Waals surface area contributed by atoms with Gasteiger partial charge in [0.05, 0.1) is 12.0 Å². The van der Waals surface area contributed by atoms with Gasteiger partial charge in [-0.2, -0.15) is 9.97 Å². The number of rotatable bonds is 4. The van der Waals surface area contributed by atoms with E-state index in [0.717, 1.165) is 23.6 Å². The normalized spacial score (nSPS) is 15.0. The van der Waals surface area contributed by atoms with E-state index in [9.17, 15) is 0 Å². The van der Waals surface area contributed by atoms with E-state index < -0.39 is 0 Å². The fourth-order valence-electron chi connectivity index (χ4n) is 2.31. The molecule has 1 saturated carbocycles. The quantitative estimate of drug-likeness (QED) is 0.728. The highest BCUT2D eigenvalue weighted by atomic mass is 32.1. The molecular formula is C14H14N4O3S. The van der Waals surface area contributed by atoms with Crippen LogP contribution in [0.3, 0.4) is 0 Å². The van der Waals surface area contributed by atoms with E-state index in [1.165, 1.54) is 17.8 Å². The Kier molecular flexibility index (Phi) is 3.18. The second kappa shape index (κ2) is 5.20. The Balaban J connectivity index is 1.61. The number of hydrogen-bond donors (Lipinski definition) is 0. The largest absolute Gasteiger partial charge is 0.480 e. The second-order valence-corrected chi connectivity index (χ2v) is 6.41. The fourth-order valence-corrected chi connectivity index (χ4v) is 3.12. The summed E-state index contributed by atoms with van der Waals surface area (Å²) < 4.78 is 16.0. The van der Waals surface area contributed by atoms with Crippen LogP contribution in [0.5, 0.6) is 5.88 Å². The molecule has 8 heteroatoms. The summed E-state index contributed by atoms with van der Waals surface area (Å²) in [4.78, 5) is 14.1. The maximum Gasteiger partial charge on any atom is 0.280 e. The number of aryl methyl sites for hydroxylation is 1. The molecule has 7 nitrogen and oxygen atoms in total. The van der Waals surface area contributed by atoms with Gasteiger partial charge in [0.1, 0.15) is 6.26 Å². The molecule has 3 aromatic heterocycles. The van der Waals surface area contributed by atoms with Crippen molar-refractivity contribution in [1.29, 1.82) is 0 Å². The summed E-state index contributed by atoms with van der Waals surface area (Å²) in [7, 11) is 1.59. The third kappa shape index (κ3) is 2.19. The van der Waals surface area contributed by atoms with Crippen molar-refractivity contribution in [2.24, 2.45) is 0 Å². The maximum absolute atomic E-state index is 5.51. The number of oxazole rings is 1. The average Bonchev–Trinajstić information content (AvgIpc) is 3.14. The zero-order valence-corrected chi connectivity index (χ0v) is 13.0. The minimum atomic E-state index is 0.344. The van der Waals surface area contributed by atoms with Crippen LogP contribution in [0.1, 0.15) is 35.9 Å². The molecule has 0 radical (unpaired) electrons. The predicted octanol–water partition coefficient (Wildman–Crippen LogP) is 3.43. The predicted molar refractivity (Wildman–Crippen MR) is 78.8 cm³/mol. The molecule has 1 fully saturated rings.